The van der Waals surface area contributed by atoms with Gasteiger partial charge in [0.2, 0.25) is 5.91 Å². The predicted octanol–water partition coefficient (Wildman–Crippen LogP) is 0.898. The van der Waals surface area contributed by atoms with E-state index in [2.05, 4.69) is 15.4 Å². The summed E-state index contributed by atoms with van der Waals surface area (Å²) in [6, 6.07) is 3.74. The summed E-state index contributed by atoms with van der Waals surface area (Å²) in [6.45, 7) is 0.748. The summed E-state index contributed by atoms with van der Waals surface area (Å²) in [6.07, 6.45) is 3.21. The number of hydrogen-bond donors (Lipinski definition) is 1. The van der Waals surface area contributed by atoms with E-state index in [1.165, 1.54) is 0 Å². The Morgan fingerprint density at radius 3 is 3.00 bits per heavy atom. The lowest BCUT2D eigenvalue weighted by Crippen LogP contribution is -2.25. The van der Waals surface area contributed by atoms with Crippen molar-refractivity contribution in [1.82, 2.24) is 14.6 Å². The molecule has 1 amide bonds. The number of amides is 1. The Kier molecular flexibility index (Phi) is 2.21. The Labute approximate surface area is 98.2 Å². The van der Waals surface area contributed by atoms with Crippen LogP contribution in [0.15, 0.2) is 18.3 Å². The fraction of sp³-hybridized carbons (Fsp3) is 0.364. The average Bonchev–Trinajstić information content (AvgIpc) is 2.94. The van der Waals surface area contributed by atoms with Crippen molar-refractivity contribution < 1.29 is 4.79 Å². The third-order valence-electron chi connectivity index (χ3n) is 2.95. The number of nitrogens with zero attached hydrogens (tertiary/aromatic N) is 4. The molecule has 1 aliphatic heterocycles. The monoisotopic (exact) mass is 231 g/mol. The van der Waals surface area contributed by atoms with E-state index < -0.39 is 0 Å². The van der Waals surface area contributed by atoms with Crippen LogP contribution in [0.25, 0.3) is 5.65 Å². The van der Waals surface area contributed by atoms with Gasteiger partial charge in [-0.2, -0.15) is 4.52 Å². The van der Waals surface area contributed by atoms with Gasteiger partial charge in [0.25, 0.3) is 0 Å². The molecule has 6 nitrogen and oxygen atoms in total. The van der Waals surface area contributed by atoms with Gasteiger partial charge in [-0.15, -0.1) is 5.10 Å². The van der Waals surface area contributed by atoms with Crippen molar-refractivity contribution in [3.63, 3.8) is 0 Å². The van der Waals surface area contributed by atoms with Gasteiger partial charge >= 0.3 is 0 Å². The van der Waals surface area contributed by atoms with Crippen molar-refractivity contribution in [3.05, 3.63) is 18.3 Å². The third-order valence-corrected chi connectivity index (χ3v) is 2.95. The number of imidazole rings is 1. The molecule has 2 aromatic heterocycles. The lowest BCUT2D eigenvalue weighted by atomic mass is 10.4. The number of nitrogens with one attached hydrogen (secondary N) is 1. The van der Waals surface area contributed by atoms with E-state index in [1.807, 2.05) is 19.2 Å². The molecule has 88 valence electrons. The quantitative estimate of drug-likeness (QED) is 0.834. The Hall–Kier alpha value is -2.11. The molecule has 0 bridgehead atoms. The van der Waals surface area contributed by atoms with Gasteiger partial charge < -0.3 is 5.32 Å². The molecule has 3 rings (SSSR count). The van der Waals surface area contributed by atoms with E-state index in [9.17, 15) is 4.79 Å². The van der Waals surface area contributed by atoms with Crippen LogP contribution in [0.3, 0.4) is 0 Å². The summed E-state index contributed by atoms with van der Waals surface area (Å²) < 4.78 is 1.70. The van der Waals surface area contributed by atoms with Gasteiger partial charge in [-0.3, -0.25) is 9.69 Å². The maximum atomic E-state index is 11.7. The molecule has 17 heavy (non-hydrogen) atoms. The van der Waals surface area contributed by atoms with Gasteiger partial charge in [-0.1, -0.05) is 0 Å². The van der Waals surface area contributed by atoms with Crippen LogP contribution < -0.4 is 10.2 Å². The molecule has 1 fully saturated rings. The summed E-state index contributed by atoms with van der Waals surface area (Å²) in [5.41, 5.74) is 0.749. The molecule has 0 aliphatic carbocycles. The van der Waals surface area contributed by atoms with Gasteiger partial charge in [0.1, 0.15) is 5.82 Å². The van der Waals surface area contributed by atoms with Crippen molar-refractivity contribution in [2.75, 3.05) is 23.8 Å². The van der Waals surface area contributed by atoms with Crippen LogP contribution in [-0.2, 0) is 4.79 Å². The van der Waals surface area contributed by atoms with E-state index in [1.54, 1.807) is 15.6 Å². The maximum Gasteiger partial charge on any atom is 0.228 e. The molecule has 2 aromatic rings. The number of aromatic nitrogens is 3. The third kappa shape index (κ3) is 1.52. The van der Waals surface area contributed by atoms with Crippen LogP contribution >= 0.6 is 0 Å². The molecule has 1 N–H and O–H groups in total. The molecular weight excluding hydrogens is 218 g/mol. The van der Waals surface area contributed by atoms with Gasteiger partial charge in [0.15, 0.2) is 11.5 Å². The zero-order valence-corrected chi connectivity index (χ0v) is 9.55. The number of rotatable bonds is 2. The standard InChI is InChI=1S/C11H13N5O/c1-12-8-4-5-9-13-7-10(16(9)14-8)15-6-2-3-11(15)17/h4-5,7H,2-3,6H2,1H3,(H,12,14). The molecule has 0 unspecified atom stereocenters. The molecule has 3 heterocycles. The first-order chi connectivity index (χ1) is 8.29. The molecule has 1 aliphatic rings. The second-order valence-electron chi connectivity index (χ2n) is 4.00. The van der Waals surface area contributed by atoms with Crippen molar-refractivity contribution >= 4 is 23.2 Å². The van der Waals surface area contributed by atoms with Gasteiger partial charge in [-0.05, 0) is 18.6 Å². The first-order valence-electron chi connectivity index (χ1n) is 5.62. The van der Waals surface area contributed by atoms with Crippen molar-refractivity contribution in [2.24, 2.45) is 0 Å². The largest absolute Gasteiger partial charge is 0.372 e. The smallest absolute Gasteiger partial charge is 0.228 e. The van der Waals surface area contributed by atoms with Crippen molar-refractivity contribution in [1.29, 1.82) is 0 Å². The molecule has 0 spiro atoms. The van der Waals surface area contributed by atoms with Crippen LogP contribution in [0.4, 0.5) is 11.6 Å². The van der Waals surface area contributed by atoms with Crippen LogP contribution in [0.2, 0.25) is 0 Å². The minimum absolute atomic E-state index is 0.142. The fourth-order valence-corrected chi connectivity index (χ4v) is 2.07. The molecule has 0 aromatic carbocycles. The Morgan fingerprint density at radius 2 is 2.29 bits per heavy atom. The van der Waals surface area contributed by atoms with E-state index in [4.69, 9.17) is 0 Å². The lowest BCUT2D eigenvalue weighted by Gasteiger charge is -2.13. The molecule has 1 saturated heterocycles. The second-order valence-corrected chi connectivity index (χ2v) is 4.00. The minimum atomic E-state index is 0.142. The Morgan fingerprint density at radius 1 is 1.41 bits per heavy atom. The van der Waals surface area contributed by atoms with Gasteiger partial charge in [-0.25, -0.2) is 4.98 Å². The Balaban J connectivity index is 2.12. The van der Waals surface area contributed by atoms with Crippen LogP contribution in [-0.4, -0.2) is 34.1 Å². The molecule has 0 atom stereocenters. The minimum Gasteiger partial charge on any atom is -0.372 e. The number of anilines is 2. The molecule has 0 radical (unpaired) electrons. The maximum absolute atomic E-state index is 11.7. The SMILES string of the molecule is CNc1ccc2ncc(N3CCCC3=O)n2n1. The van der Waals surface area contributed by atoms with Gasteiger partial charge in [0, 0.05) is 20.0 Å². The van der Waals surface area contributed by atoms with Gasteiger partial charge in [0.05, 0.1) is 6.20 Å². The summed E-state index contributed by atoms with van der Waals surface area (Å²) in [4.78, 5) is 17.7. The highest BCUT2D eigenvalue weighted by Gasteiger charge is 2.24. The number of hydrogen-bond acceptors (Lipinski definition) is 4. The lowest BCUT2D eigenvalue weighted by molar-refractivity contribution is -0.117. The molecule has 0 saturated carbocycles. The topological polar surface area (TPSA) is 62.5 Å². The second kappa shape index (κ2) is 3.73. The summed E-state index contributed by atoms with van der Waals surface area (Å²) in [5.74, 6) is 1.64. The predicted molar refractivity (Wildman–Crippen MR) is 64.1 cm³/mol. The van der Waals surface area contributed by atoms with E-state index >= 15 is 0 Å². The zero-order valence-electron chi connectivity index (χ0n) is 9.55. The highest BCUT2D eigenvalue weighted by Crippen LogP contribution is 2.22. The highest BCUT2D eigenvalue weighted by atomic mass is 16.2. The molecular formula is C11H13N5O. The highest BCUT2D eigenvalue weighted by molar-refractivity contribution is 5.94. The fourth-order valence-electron chi connectivity index (χ4n) is 2.07. The first-order valence-corrected chi connectivity index (χ1v) is 5.62. The number of carbonyl (C=O) groups excluding carboxylic acids is 1. The summed E-state index contributed by atoms with van der Waals surface area (Å²) >= 11 is 0. The van der Waals surface area contributed by atoms with E-state index in [-0.39, 0.29) is 5.91 Å². The van der Waals surface area contributed by atoms with Crippen LogP contribution in [0.1, 0.15) is 12.8 Å². The Bertz CT molecular complexity index is 576. The average molecular weight is 231 g/mol. The van der Waals surface area contributed by atoms with E-state index in [0.29, 0.717) is 6.42 Å². The first kappa shape index (κ1) is 10.1. The summed E-state index contributed by atoms with van der Waals surface area (Å²) in [5, 5.41) is 7.36. The zero-order chi connectivity index (χ0) is 11.8. The van der Waals surface area contributed by atoms with Crippen LogP contribution in [0, 0.1) is 0 Å². The summed E-state index contributed by atoms with van der Waals surface area (Å²) in [7, 11) is 1.81. The van der Waals surface area contributed by atoms with Crippen LogP contribution in [0.5, 0.6) is 0 Å². The number of fused-ring (bicyclic) bond motifs is 1. The van der Waals surface area contributed by atoms with Crippen molar-refractivity contribution in [3.8, 4) is 0 Å². The van der Waals surface area contributed by atoms with Crippen molar-refractivity contribution in [2.45, 2.75) is 12.8 Å². The molecule has 6 heteroatoms. The van der Waals surface area contributed by atoms with E-state index in [0.717, 1.165) is 30.2 Å². The normalized spacial score (nSPS) is 15.8. The number of carbonyl (C=O) groups is 1.